The number of nitrogens with zero attached hydrogens (tertiary/aromatic N) is 1. The monoisotopic (exact) mass is 318 g/mol. The Bertz CT molecular complexity index is 688. The maximum absolute atomic E-state index is 11.7. The number of benzene rings is 1. The lowest BCUT2D eigenvalue weighted by atomic mass is 10.2. The lowest BCUT2D eigenvalue weighted by Gasteiger charge is -2.07. The van der Waals surface area contributed by atoms with Gasteiger partial charge in [0.25, 0.3) is 0 Å². The van der Waals surface area contributed by atoms with E-state index in [0.717, 1.165) is 21.5 Å². The minimum absolute atomic E-state index is 0.0998. The van der Waals surface area contributed by atoms with Crippen LogP contribution in [0, 0.1) is 6.92 Å². The van der Waals surface area contributed by atoms with E-state index >= 15 is 0 Å². The number of aromatic nitrogens is 1. The van der Waals surface area contributed by atoms with Crippen LogP contribution in [0.5, 0.6) is 0 Å². The van der Waals surface area contributed by atoms with Gasteiger partial charge in [-0.05, 0) is 31.5 Å². The normalized spacial score (nSPS) is 10.5. The molecule has 0 saturated carbocycles. The molecule has 1 heterocycles. The summed E-state index contributed by atoms with van der Waals surface area (Å²) in [5.41, 5.74) is 1.93. The molecule has 2 rings (SSSR count). The second-order valence-corrected chi connectivity index (χ2v) is 5.64. The van der Waals surface area contributed by atoms with Crippen LogP contribution in [0.4, 0.5) is 0 Å². The summed E-state index contributed by atoms with van der Waals surface area (Å²) in [6.07, 6.45) is 0. The molecular formula is C16H18N2O3S. The third-order valence-corrected chi connectivity index (χ3v) is 4.04. The first-order chi connectivity index (χ1) is 10.6. The first-order valence-corrected chi connectivity index (χ1v) is 8.00. The Kier molecular flexibility index (Phi) is 5.77. The molecule has 0 bridgehead atoms. The molecule has 0 unspecified atom stereocenters. The van der Waals surface area contributed by atoms with E-state index in [0.29, 0.717) is 6.61 Å². The summed E-state index contributed by atoms with van der Waals surface area (Å²) in [6, 6.07) is 9.92. The highest BCUT2D eigenvalue weighted by Gasteiger charge is 2.09. The van der Waals surface area contributed by atoms with Crippen molar-refractivity contribution in [2.45, 2.75) is 18.9 Å². The molecule has 1 amide bonds. The van der Waals surface area contributed by atoms with Gasteiger partial charge in [0.05, 0.1) is 17.9 Å². The molecule has 22 heavy (non-hydrogen) atoms. The van der Waals surface area contributed by atoms with Crippen LogP contribution in [0.2, 0.25) is 0 Å². The summed E-state index contributed by atoms with van der Waals surface area (Å²) in [5, 5.41) is 4.44. The molecule has 6 heteroatoms. The number of thioether (sulfide) groups is 1. The van der Waals surface area contributed by atoms with Gasteiger partial charge in [0, 0.05) is 5.39 Å². The molecule has 0 radical (unpaired) electrons. The second kappa shape index (κ2) is 7.79. The molecule has 0 fully saturated rings. The summed E-state index contributed by atoms with van der Waals surface area (Å²) in [6.45, 7) is 3.91. The van der Waals surface area contributed by atoms with Crippen LogP contribution in [0.1, 0.15) is 12.5 Å². The third kappa shape index (κ3) is 4.46. The van der Waals surface area contributed by atoms with E-state index in [-0.39, 0.29) is 18.2 Å². The number of nitrogens with one attached hydrogen (secondary N) is 1. The largest absolute Gasteiger partial charge is 0.465 e. The quantitative estimate of drug-likeness (QED) is 0.654. The summed E-state index contributed by atoms with van der Waals surface area (Å²) in [5.74, 6) is -0.431. The molecule has 0 aliphatic heterocycles. The highest BCUT2D eigenvalue weighted by atomic mass is 32.2. The van der Waals surface area contributed by atoms with Gasteiger partial charge in [0.1, 0.15) is 11.6 Å². The Morgan fingerprint density at radius 1 is 1.32 bits per heavy atom. The van der Waals surface area contributed by atoms with Crippen LogP contribution in [-0.2, 0) is 14.3 Å². The Balaban J connectivity index is 1.92. The third-order valence-electron chi connectivity index (χ3n) is 2.94. The molecule has 2 aromatic rings. The van der Waals surface area contributed by atoms with Crippen LogP contribution in [0.15, 0.2) is 35.4 Å². The zero-order valence-electron chi connectivity index (χ0n) is 12.6. The van der Waals surface area contributed by atoms with Crippen LogP contribution in [-0.4, -0.2) is 35.8 Å². The molecule has 0 saturated heterocycles. The molecule has 0 aliphatic carbocycles. The highest BCUT2D eigenvalue weighted by Crippen LogP contribution is 2.24. The fraction of sp³-hybridized carbons (Fsp3) is 0.312. The molecule has 1 N–H and O–H groups in total. The highest BCUT2D eigenvalue weighted by molar-refractivity contribution is 7.99. The number of carbonyl (C=O) groups is 2. The number of hydrogen-bond donors (Lipinski definition) is 1. The Morgan fingerprint density at radius 2 is 2.09 bits per heavy atom. The molecule has 0 spiro atoms. The van der Waals surface area contributed by atoms with E-state index in [4.69, 9.17) is 4.74 Å². The standard InChI is InChI=1S/C16H18N2O3S/c1-3-21-15(20)9-17-14(19)10-22-16-11(2)8-12-6-4-5-7-13(12)18-16/h4-8H,3,9-10H2,1-2H3,(H,17,19). The number of esters is 1. The summed E-state index contributed by atoms with van der Waals surface area (Å²) < 4.78 is 4.75. The fourth-order valence-electron chi connectivity index (χ4n) is 1.92. The maximum atomic E-state index is 11.7. The van der Waals surface area contributed by atoms with E-state index in [9.17, 15) is 9.59 Å². The molecule has 1 aromatic carbocycles. The number of hydrogen-bond acceptors (Lipinski definition) is 5. The van der Waals surface area contributed by atoms with Gasteiger partial charge in [-0.3, -0.25) is 9.59 Å². The van der Waals surface area contributed by atoms with Crippen molar-refractivity contribution in [3.05, 3.63) is 35.9 Å². The van der Waals surface area contributed by atoms with Crippen molar-refractivity contribution < 1.29 is 14.3 Å². The maximum Gasteiger partial charge on any atom is 0.325 e. The smallest absolute Gasteiger partial charge is 0.325 e. The van der Waals surface area contributed by atoms with Gasteiger partial charge in [-0.15, -0.1) is 0 Å². The number of para-hydroxylation sites is 1. The van der Waals surface area contributed by atoms with Gasteiger partial charge in [0.15, 0.2) is 0 Å². The van der Waals surface area contributed by atoms with Gasteiger partial charge >= 0.3 is 5.97 Å². The van der Waals surface area contributed by atoms with Gasteiger partial charge in [-0.2, -0.15) is 0 Å². The van der Waals surface area contributed by atoms with E-state index in [1.165, 1.54) is 11.8 Å². The predicted octanol–water partition coefficient (Wildman–Crippen LogP) is 2.31. The van der Waals surface area contributed by atoms with Crippen molar-refractivity contribution in [1.29, 1.82) is 0 Å². The lowest BCUT2D eigenvalue weighted by molar-refractivity contribution is -0.143. The van der Waals surface area contributed by atoms with Crippen molar-refractivity contribution in [2.24, 2.45) is 0 Å². The molecule has 0 aliphatic rings. The first kappa shape index (κ1) is 16.3. The van der Waals surface area contributed by atoms with Crippen LogP contribution in [0.25, 0.3) is 10.9 Å². The Labute approximate surface area is 133 Å². The second-order valence-electron chi connectivity index (χ2n) is 4.67. The van der Waals surface area contributed by atoms with E-state index in [1.54, 1.807) is 6.92 Å². The van der Waals surface area contributed by atoms with E-state index < -0.39 is 5.97 Å². The first-order valence-electron chi connectivity index (χ1n) is 7.01. The predicted molar refractivity (Wildman–Crippen MR) is 86.8 cm³/mol. The number of ether oxygens (including phenoxy) is 1. The number of amides is 1. The number of rotatable bonds is 6. The van der Waals surface area contributed by atoms with Gasteiger partial charge in [0.2, 0.25) is 5.91 Å². The minimum atomic E-state index is -0.430. The molecule has 5 nitrogen and oxygen atoms in total. The zero-order valence-corrected chi connectivity index (χ0v) is 13.4. The lowest BCUT2D eigenvalue weighted by Crippen LogP contribution is -2.31. The van der Waals surface area contributed by atoms with Crippen molar-refractivity contribution in [2.75, 3.05) is 18.9 Å². The van der Waals surface area contributed by atoms with Crippen molar-refractivity contribution >= 4 is 34.5 Å². The number of aryl methyl sites for hydroxylation is 1. The van der Waals surface area contributed by atoms with Crippen molar-refractivity contribution in [3.8, 4) is 0 Å². The minimum Gasteiger partial charge on any atom is -0.465 e. The van der Waals surface area contributed by atoms with Crippen molar-refractivity contribution in [3.63, 3.8) is 0 Å². The van der Waals surface area contributed by atoms with Crippen LogP contribution < -0.4 is 5.32 Å². The topological polar surface area (TPSA) is 68.3 Å². The van der Waals surface area contributed by atoms with Gasteiger partial charge in [-0.1, -0.05) is 30.0 Å². The van der Waals surface area contributed by atoms with Gasteiger partial charge < -0.3 is 10.1 Å². The van der Waals surface area contributed by atoms with E-state index in [1.807, 2.05) is 31.2 Å². The van der Waals surface area contributed by atoms with Gasteiger partial charge in [-0.25, -0.2) is 4.98 Å². The number of carbonyl (C=O) groups excluding carboxylic acids is 2. The zero-order chi connectivity index (χ0) is 15.9. The molecule has 0 atom stereocenters. The van der Waals surface area contributed by atoms with Crippen LogP contribution in [0.3, 0.4) is 0 Å². The SMILES string of the molecule is CCOC(=O)CNC(=O)CSc1nc2ccccc2cc1C. The number of fused-ring (bicyclic) bond motifs is 1. The fourth-order valence-corrected chi connectivity index (χ4v) is 2.74. The van der Waals surface area contributed by atoms with E-state index in [2.05, 4.69) is 16.4 Å². The molecular weight excluding hydrogens is 300 g/mol. The number of pyridine rings is 1. The average molecular weight is 318 g/mol. The Morgan fingerprint density at radius 3 is 2.86 bits per heavy atom. The van der Waals surface area contributed by atoms with Crippen molar-refractivity contribution in [1.82, 2.24) is 10.3 Å². The molecule has 1 aromatic heterocycles. The summed E-state index contributed by atoms with van der Waals surface area (Å²) >= 11 is 1.36. The van der Waals surface area contributed by atoms with Crippen LogP contribution >= 0.6 is 11.8 Å². The summed E-state index contributed by atoms with van der Waals surface area (Å²) in [4.78, 5) is 27.5. The molecule has 116 valence electrons. The Hall–Kier alpha value is -2.08. The summed E-state index contributed by atoms with van der Waals surface area (Å²) in [7, 11) is 0. The average Bonchev–Trinajstić information content (AvgIpc) is 2.51.